The molecule has 0 fully saturated rings. The van der Waals surface area contributed by atoms with E-state index in [4.69, 9.17) is 10.00 Å². The second kappa shape index (κ2) is 6.53. The number of halogens is 3. The van der Waals surface area contributed by atoms with Crippen molar-refractivity contribution in [3.63, 3.8) is 0 Å². The summed E-state index contributed by atoms with van der Waals surface area (Å²) in [6, 6.07) is 12.7. The fraction of sp³-hybridized carbons (Fsp3) is 0.176. The molecule has 0 heterocycles. The average molecular weight is 319 g/mol. The van der Waals surface area contributed by atoms with Crippen molar-refractivity contribution in [2.24, 2.45) is 0 Å². The second-order valence-corrected chi connectivity index (χ2v) is 4.80. The number of hydrogen-bond acceptors (Lipinski definition) is 3. The summed E-state index contributed by atoms with van der Waals surface area (Å²) in [4.78, 5) is 12.1. The van der Waals surface area contributed by atoms with Crippen molar-refractivity contribution in [2.75, 3.05) is 0 Å². The number of carbonyl (C=O) groups is 1. The van der Waals surface area contributed by atoms with Gasteiger partial charge in [-0.25, -0.2) is 4.79 Å². The molecule has 0 aliphatic heterocycles. The maximum Gasteiger partial charge on any atom is 0.416 e. The molecule has 3 nitrogen and oxygen atoms in total. The molecular weight excluding hydrogens is 307 g/mol. The van der Waals surface area contributed by atoms with Gasteiger partial charge in [0.2, 0.25) is 0 Å². The minimum Gasteiger partial charge on any atom is -0.444 e. The van der Waals surface area contributed by atoms with Gasteiger partial charge in [-0.1, -0.05) is 30.3 Å². The Balaban J connectivity index is 2.37. The fourth-order valence-electron chi connectivity index (χ4n) is 2.00. The van der Waals surface area contributed by atoms with Crippen LogP contribution in [0.5, 0.6) is 0 Å². The van der Waals surface area contributed by atoms with E-state index < -0.39 is 23.8 Å². The molecule has 6 heteroatoms. The maximum absolute atomic E-state index is 12.6. The topological polar surface area (TPSA) is 50.1 Å². The van der Waals surface area contributed by atoms with E-state index in [-0.39, 0.29) is 5.56 Å². The van der Waals surface area contributed by atoms with Crippen molar-refractivity contribution < 1.29 is 22.7 Å². The maximum atomic E-state index is 12.6. The van der Waals surface area contributed by atoms with Gasteiger partial charge < -0.3 is 4.74 Å². The van der Waals surface area contributed by atoms with Crippen molar-refractivity contribution in [2.45, 2.75) is 19.2 Å². The highest BCUT2D eigenvalue weighted by molar-refractivity contribution is 5.97. The van der Waals surface area contributed by atoms with Crippen LogP contribution in [0.15, 0.2) is 48.5 Å². The third-order valence-corrected chi connectivity index (χ3v) is 3.14. The standard InChI is InChI=1S/C17H12F3NO2/c1-11(10-21)23-16(22)15-5-3-2-4-14(15)12-6-8-13(9-7-12)17(18,19)20/h2-9,11H,1H3. The summed E-state index contributed by atoms with van der Waals surface area (Å²) in [5.74, 6) is -0.699. The molecule has 2 aromatic carbocycles. The highest BCUT2D eigenvalue weighted by atomic mass is 19.4. The SMILES string of the molecule is CC(C#N)OC(=O)c1ccccc1-c1ccc(C(F)(F)F)cc1. The number of rotatable bonds is 3. The average Bonchev–Trinajstić information content (AvgIpc) is 2.54. The second-order valence-electron chi connectivity index (χ2n) is 4.80. The third kappa shape index (κ3) is 3.89. The van der Waals surface area contributed by atoms with E-state index in [1.165, 1.54) is 25.1 Å². The lowest BCUT2D eigenvalue weighted by molar-refractivity contribution is -0.137. The van der Waals surface area contributed by atoms with Crippen LogP contribution in [0.2, 0.25) is 0 Å². The first kappa shape index (κ1) is 16.6. The monoisotopic (exact) mass is 319 g/mol. The number of ether oxygens (including phenoxy) is 1. The minimum absolute atomic E-state index is 0.189. The molecule has 1 atom stereocenters. The van der Waals surface area contributed by atoms with E-state index in [0.29, 0.717) is 11.1 Å². The van der Waals surface area contributed by atoms with E-state index in [0.717, 1.165) is 12.1 Å². The number of benzene rings is 2. The smallest absolute Gasteiger partial charge is 0.416 e. The van der Waals surface area contributed by atoms with Crippen molar-refractivity contribution >= 4 is 5.97 Å². The van der Waals surface area contributed by atoms with Crippen LogP contribution in [0.4, 0.5) is 13.2 Å². The molecule has 0 amide bonds. The van der Waals surface area contributed by atoms with Gasteiger partial charge in [-0.2, -0.15) is 18.4 Å². The highest BCUT2D eigenvalue weighted by Crippen LogP contribution is 2.32. The summed E-state index contributed by atoms with van der Waals surface area (Å²) in [6.07, 6.45) is -5.33. The zero-order valence-electron chi connectivity index (χ0n) is 12.1. The van der Waals surface area contributed by atoms with Crippen LogP contribution >= 0.6 is 0 Å². The predicted octanol–water partition coefficient (Wildman–Crippen LogP) is 4.44. The normalized spacial score (nSPS) is 12.3. The van der Waals surface area contributed by atoms with Gasteiger partial charge >= 0.3 is 12.1 Å². The van der Waals surface area contributed by atoms with Crippen LogP contribution in [0.25, 0.3) is 11.1 Å². The van der Waals surface area contributed by atoms with Gasteiger partial charge in [0, 0.05) is 0 Å². The Bertz CT molecular complexity index is 746. The number of nitrogens with zero attached hydrogens (tertiary/aromatic N) is 1. The molecule has 0 saturated carbocycles. The van der Waals surface area contributed by atoms with Gasteiger partial charge in [0.05, 0.1) is 11.1 Å². The number of alkyl halides is 3. The van der Waals surface area contributed by atoms with Crippen molar-refractivity contribution in [3.05, 3.63) is 59.7 Å². The Labute approximate surface area is 130 Å². The Morgan fingerprint density at radius 3 is 2.30 bits per heavy atom. The lowest BCUT2D eigenvalue weighted by Gasteiger charge is -2.12. The van der Waals surface area contributed by atoms with Crippen LogP contribution < -0.4 is 0 Å². The van der Waals surface area contributed by atoms with E-state index >= 15 is 0 Å². The minimum atomic E-state index is -4.42. The van der Waals surface area contributed by atoms with Gasteiger partial charge in [-0.3, -0.25) is 0 Å². The molecule has 23 heavy (non-hydrogen) atoms. The van der Waals surface area contributed by atoms with Crippen molar-refractivity contribution in [1.82, 2.24) is 0 Å². The Kier molecular flexibility index (Phi) is 4.70. The van der Waals surface area contributed by atoms with Crippen LogP contribution in [-0.2, 0) is 10.9 Å². The molecule has 2 aromatic rings. The molecule has 0 aromatic heterocycles. The van der Waals surface area contributed by atoms with E-state index in [2.05, 4.69) is 0 Å². The zero-order valence-corrected chi connectivity index (χ0v) is 12.1. The zero-order chi connectivity index (χ0) is 17.0. The van der Waals surface area contributed by atoms with Crippen molar-refractivity contribution in [3.8, 4) is 17.2 Å². The van der Waals surface area contributed by atoms with Crippen molar-refractivity contribution in [1.29, 1.82) is 5.26 Å². The number of nitriles is 1. The van der Waals surface area contributed by atoms with Crippen LogP contribution in [0.3, 0.4) is 0 Å². The van der Waals surface area contributed by atoms with E-state index in [1.807, 2.05) is 0 Å². The number of carbonyl (C=O) groups excluding carboxylic acids is 1. The van der Waals surface area contributed by atoms with Gasteiger partial charge in [-0.05, 0) is 36.2 Å². The molecule has 1 unspecified atom stereocenters. The van der Waals surface area contributed by atoms with Crippen LogP contribution in [0.1, 0.15) is 22.8 Å². The third-order valence-electron chi connectivity index (χ3n) is 3.14. The highest BCUT2D eigenvalue weighted by Gasteiger charge is 2.30. The van der Waals surface area contributed by atoms with E-state index in [1.54, 1.807) is 24.3 Å². The first-order valence-corrected chi connectivity index (χ1v) is 6.70. The fourth-order valence-corrected chi connectivity index (χ4v) is 2.00. The lowest BCUT2D eigenvalue weighted by Crippen LogP contribution is -2.14. The Morgan fingerprint density at radius 2 is 1.74 bits per heavy atom. The van der Waals surface area contributed by atoms with Gasteiger partial charge in [0.15, 0.2) is 6.10 Å². The number of esters is 1. The molecule has 0 aliphatic rings. The summed E-state index contributed by atoms with van der Waals surface area (Å²) < 4.78 is 42.8. The Hall–Kier alpha value is -2.81. The summed E-state index contributed by atoms with van der Waals surface area (Å²) >= 11 is 0. The van der Waals surface area contributed by atoms with Gasteiger partial charge in [-0.15, -0.1) is 0 Å². The quantitative estimate of drug-likeness (QED) is 0.786. The molecule has 0 bridgehead atoms. The molecule has 0 saturated heterocycles. The lowest BCUT2D eigenvalue weighted by atomic mass is 9.98. The summed E-state index contributed by atoms with van der Waals surface area (Å²) in [5, 5.41) is 8.69. The molecule has 0 spiro atoms. The molecule has 0 N–H and O–H groups in total. The molecule has 118 valence electrons. The first-order chi connectivity index (χ1) is 10.8. The van der Waals surface area contributed by atoms with Gasteiger partial charge in [0.1, 0.15) is 6.07 Å². The molecule has 0 aliphatic carbocycles. The van der Waals surface area contributed by atoms with Gasteiger partial charge in [0.25, 0.3) is 0 Å². The molecule has 0 radical (unpaired) electrons. The summed E-state index contributed by atoms with van der Waals surface area (Å²) in [5.41, 5.74) is 0.320. The predicted molar refractivity (Wildman–Crippen MR) is 77.4 cm³/mol. The largest absolute Gasteiger partial charge is 0.444 e. The number of hydrogen-bond donors (Lipinski definition) is 0. The molecule has 2 rings (SSSR count). The van der Waals surface area contributed by atoms with Crippen LogP contribution in [0, 0.1) is 11.3 Å². The first-order valence-electron chi connectivity index (χ1n) is 6.70. The van der Waals surface area contributed by atoms with E-state index in [9.17, 15) is 18.0 Å². The summed E-state index contributed by atoms with van der Waals surface area (Å²) in [6.45, 7) is 1.43. The molecular formula is C17H12F3NO2. The Morgan fingerprint density at radius 1 is 1.13 bits per heavy atom. The summed E-state index contributed by atoms with van der Waals surface area (Å²) in [7, 11) is 0. The van der Waals surface area contributed by atoms with Crippen LogP contribution in [-0.4, -0.2) is 12.1 Å².